The number of carbonyl (C=O) groups is 2. The van der Waals surface area contributed by atoms with E-state index < -0.39 is 5.97 Å². The molecule has 0 bridgehead atoms. The van der Waals surface area contributed by atoms with Crippen LogP contribution in [-0.4, -0.2) is 60.0 Å². The highest BCUT2D eigenvalue weighted by Crippen LogP contribution is 2.24. The molecule has 30 heavy (non-hydrogen) atoms. The Labute approximate surface area is 176 Å². The molecule has 1 aliphatic heterocycles. The number of hydrogen-bond donors (Lipinski definition) is 0. The fraction of sp³-hybridized carbons (Fsp3) is 0.500. The van der Waals surface area contributed by atoms with Crippen LogP contribution < -0.4 is 4.74 Å². The predicted molar refractivity (Wildman–Crippen MR) is 111 cm³/mol. The summed E-state index contributed by atoms with van der Waals surface area (Å²) in [6, 6.07) is 7.48. The smallest absolute Gasteiger partial charge is 0.341 e. The quantitative estimate of drug-likeness (QED) is 0.613. The predicted octanol–water partition coefficient (Wildman–Crippen LogP) is 2.83. The Morgan fingerprint density at radius 3 is 2.53 bits per heavy atom. The maximum absolute atomic E-state index is 12.5. The second kappa shape index (κ2) is 10.2. The molecule has 8 nitrogen and oxygen atoms in total. The highest BCUT2D eigenvalue weighted by Gasteiger charge is 2.29. The molecule has 2 aromatic rings. The summed E-state index contributed by atoms with van der Waals surface area (Å²) in [5, 5.41) is 4.45. The van der Waals surface area contributed by atoms with Gasteiger partial charge in [0.15, 0.2) is 0 Å². The minimum atomic E-state index is -0.397. The first-order valence-electron chi connectivity index (χ1n) is 10.3. The van der Waals surface area contributed by atoms with Gasteiger partial charge in [0, 0.05) is 13.1 Å². The lowest BCUT2D eigenvalue weighted by atomic mass is 9.98. The van der Waals surface area contributed by atoms with Crippen molar-refractivity contribution in [2.45, 2.75) is 33.2 Å². The number of aromatic nitrogens is 2. The summed E-state index contributed by atoms with van der Waals surface area (Å²) < 4.78 is 17.4. The van der Waals surface area contributed by atoms with E-state index in [9.17, 15) is 9.59 Å². The molecule has 0 spiro atoms. The Hall–Kier alpha value is -2.87. The van der Waals surface area contributed by atoms with E-state index in [-0.39, 0.29) is 11.9 Å². The third-order valence-corrected chi connectivity index (χ3v) is 5.18. The second-order valence-corrected chi connectivity index (χ2v) is 7.16. The van der Waals surface area contributed by atoms with Gasteiger partial charge in [0.2, 0.25) is 0 Å². The number of methoxy groups -OCH3 is 1. The van der Waals surface area contributed by atoms with Crippen LogP contribution in [0.1, 0.15) is 42.7 Å². The Morgan fingerprint density at radius 1 is 1.13 bits per heavy atom. The van der Waals surface area contributed by atoms with Gasteiger partial charge in [0.1, 0.15) is 11.3 Å². The van der Waals surface area contributed by atoms with Crippen LogP contribution in [0.25, 0.3) is 5.69 Å². The fourth-order valence-corrected chi connectivity index (χ4v) is 3.71. The number of esters is 2. The summed E-state index contributed by atoms with van der Waals surface area (Å²) in [5.41, 5.74) is 1.99. The first-order chi connectivity index (χ1) is 14.6. The molecule has 3 rings (SSSR count). The van der Waals surface area contributed by atoms with Crippen molar-refractivity contribution in [3.8, 4) is 11.4 Å². The van der Waals surface area contributed by atoms with Gasteiger partial charge in [-0.2, -0.15) is 5.10 Å². The summed E-state index contributed by atoms with van der Waals surface area (Å²) in [4.78, 5) is 26.9. The Bertz CT molecular complexity index is 862. The summed E-state index contributed by atoms with van der Waals surface area (Å²) in [6.07, 6.45) is 3.26. The van der Waals surface area contributed by atoms with E-state index in [0.29, 0.717) is 31.9 Å². The van der Waals surface area contributed by atoms with Crippen LogP contribution in [0.3, 0.4) is 0 Å². The van der Waals surface area contributed by atoms with Crippen LogP contribution >= 0.6 is 0 Å². The van der Waals surface area contributed by atoms with Crippen molar-refractivity contribution in [2.24, 2.45) is 5.92 Å². The molecule has 2 heterocycles. The van der Waals surface area contributed by atoms with E-state index >= 15 is 0 Å². The number of nitrogens with zero attached hydrogens (tertiary/aromatic N) is 3. The molecule has 1 aliphatic rings. The van der Waals surface area contributed by atoms with Crippen molar-refractivity contribution >= 4 is 11.9 Å². The van der Waals surface area contributed by atoms with Crippen LogP contribution in [-0.2, 0) is 20.8 Å². The topological polar surface area (TPSA) is 82.9 Å². The largest absolute Gasteiger partial charge is 0.497 e. The Kier molecular flexibility index (Phi) is 7.46. The van der Waals surface area contributed by atoms with Crippen molar-refractivity contribution in [3.05, 3.63) is 41.7 Å². The minimum absolute atomic E-state index is 0.151. The van der Waals surface area contributed by atoms with Crippen molar-refractivity contribution in [3.63, 3.8) is 0 Å². The van der Waals surface area contributed by atoms with E-state index in [0.717, 1.165) is 36.5 Å². The maximum Gasteiger partial charge on any atom is 0.341 e. The van der Waals surface area contributed by atoms with E-state index in [1.54, 1.807) is 24.9 Å². The van der Waals surface area contributed by atoms with Crippen molar-refractivity contribution in [2.75, 3.05) is 33.4 Å². The molecule has 0 saturated carbocycles. The molecule has 0 radical (unpaired) electrons. The summed E-state index contributed by atoms with van der Waals surface area (Å²) in [6.45, 7) is 6.18. The molecule has 8 heteroatoms. The minimum Gasteiger partial charge on any atom is -0.497 e. The average molecular weight is 415 g/mol. The van der Waals surface area contributed by atoms with Gasteiger partial charge >= 0.3 is 11.9 Å². The molecule has 0 N–H and O–H groups in total. The molecule has 162 valence electrons. The summed E-state index contributed by atoms with van der Waals surface area (Å²) in [7, 11) is 1.61. The SMILES string of the molecule is CCOC(=O)c1cnn(-c2ccc(OC)cc2)c1CN1CCC[C@@H](C(=O)OCC)C1. The third-order valence-electron chi connectivity index (χ3n) is 5.18. The van der Waals surface area contributed by atoms with Gasteiger partial charge in [0.05, 0.1) is 43.8 Å². The molecule has 0 amide bonds. The standard InChI is InChI=1S/C22H29N3O5/c1-4-29-21(26)16-7-6-12-24(14-16)15-20-19(22(27)30-5-2)13-23-25(20)17-8-10-18(28-3)11-9-17/h8-11,13,16H,4-7,12,14-15H2,1-3H3/t16-/m1/s1. The zero-order chi connectivity index (χ0) is 21.5. The van der Waals surface area contributed by atoms with Gasteiger partial charge in [-0.15, -0.1) is 0 Å². The number of rotatable bonds is 8. The normalized spacial score (nSPS) is 16.8. The fourth-order valence-electron chi connectivity index (χ4n) is 3.71. The van der Waals surface area contributed by atoms with Crippen molar-refractivity contribution in [1.82, 2.24) is 14.7 Å². The monoisotopic (exact) mass is 415 g/mol. The number of hydrogen-bond acceptors (Lipinski definition) is 7. The van der Waals surface area contributed by atoms with Crippen LogP contribution in [0.4, 0.5) is 0 Å². The van der Waals surface area contributed by atoms with Crippen LogP contribution in [0.5, 0.6) is 5.75 Å². The van der Waals surface area contributed by atoms with Crippen LogP contribution in [0.2, 0.25) is 0 Å². The van der Waals surface area contributed by atoms with Gasteiger partial charge in [-0.3, -0.25) is 9.69 Å². The third kappa shape index (κ3) is 4.99. The zero-order valence-corrected chi connectivity index (χ0v) is 17.8. The van der Waals surface area contributed by atoms with Gasteiger partial charge in [0.25, 0.3) is 0 Å². The highest BCUT2D eigenvalue weighted by atomic mass is 16.5. The van der Waals surface area contributed by atoms with Gasteiger partial charge < -0.3 is 14.2 Å². The molecule has 0 aliphatic carbocycles. The van der Waals surface area contributed by atoms with Crippen molar-refractivity contribution in [1.29, 1.82) is 0 Å². The molecular formula is C22H29N3O5. The molecule has 1 aromatic heterocycles. The zero-order valence-electron chi connectivity index (χ0n) is 17.8. The molecule has 1 aromatic carbocycles. The number of piperidine rings is 1. The number of carbonyl (C=O) groups excluding carboxylic acids is 2. The van der Waals surface area contributed by atoms with Gasteiger partial charge in [-0.05, 0) is 57.5 Å². The summed E-state index contributed by atoms with van der Waals surface area (Å²) in [5.74, 6) is 0.0381. The lowest BCUT2D eigenvalue weighted by Gasteiger charge is -2.31. The van der Waals surface area contributed by atoms with E-state index in [1.807, 2.05) is 31.2 Å². The van der Waals surface area contributed by atoms with E-state index in [1.165, 1.54) is 0 Å². The van der Waals surface area contributed by atoms with Gasteiger partial charge in [-0.1, -0.05) is 0 Å². The van der Waals surface area contributed by atoms with E-state index in [4.69, 9.17) is 14.2 Å². The number of ether oxygens (including phenoxy) is 3. The molecule has 1 atom stereocenters. The second-order valence-electron chi connectivity index (χ2n) is 7.16. The first kappa shape index (κ1) is 21.8. The lowest BCUT2D eigenvalue weighted by molar-refractivity contribution is -0.150. The molecule has 0 unspecified atom stereocenters. The maximum atomic E-state index is 12.5. The molecular weight excluding hydrogens is 386 g/mol. The lowest BCUT2D eigenvalue weighted by Crippen LogP contribution is -2.39. The molecule has 1 fully saturated rings. The van der Waals surface area contributed by atoms with Crippen LogP contribution in [0, 0.1) is 5.92 Å². The van der Waals surface area contributed by atoms with Crippen molar-refractivity contribution < 1.29 is 23.8 Å². The summed E-state index contributed by atoms with van der Waals surface area (Å²) >= 11 is 0. The Morgan fingerprint density at radius 2 is 1.87 bits per heavy atom. The first-order valence-corrected chi connectivity index (χ1v) is 10.3. The number of benzene rings is 1. The molecule has 1 saturated heterocycles. The Balaban J connectivity index is 1.87. The van der Waals surface area contributed by atoms with Crippen LogP contribution in [0.15, 0.2) is 30.5 Å². The van der Waals surface area contributed by atoms with Gasteiger partial charge in [-0.25, -0.2) is 9.48 Å². The number of likely N-dealkylation sites (tertiary alicyclic amines) is 1. The highest BCUT2D eigenvalue weighted by molar-refractivity contribution is 5.90. The van der Waals surface area contributed by atoms with E-state index in [2.05, 4.69) is 10.00 Å². The average Bonchev–Trinajstić information content (AvgIpc) is 3.18.